The molecule has 1 aromatic rings. The summed E-state index contributed by atoms with van der Waals surface area (Å²) in [5.41, 5.74) is 0.934. The second kappa shape index (κ2) is 5.05. The number of halogens is 1. The number of benzene rings is 1. The number of aryl methyl sites for hydroxylation is 1. The molecule has 0 spiro atoms. The normalized spacial score (nSPS) is 17.6. The predicted molar refractivity (Wildman–Crippen MR) is 66.9 cm³/mol. The number of hydrogen-bond donors (Lipinski definition) is 1. The third-order valence-corrected chi connectivity index (χ3v) is 3.57. The molecule has 0 radical (unpaired) electrons. The standard InChI is InChI=1S/C14H20FNO/c1-11-4-5-12(15)10-13(11)17-14(6-3-7-14)8-9-16-2/h4-5,10,16H,3,6-9H2,1-2H3. The molecule has 1 aromatic carbocycles. The molecule has 0 bridgehead atoms. The summed E-state index contributed by atoms with van der Waals surface area (Å²) in [5.74, 6) is 0.467. The van der Waals surface area contributed by atoms with Crippen LogP contribution in [-0.4, -0.2) is 19.2 Å². The zero-order valence-corrected chi connectivity index (χ0v) is 10.6. The first-order valence-corrected chi connectivity index (χ1v) is 6.25. The first-order valence-electron chi connectivity index (χ1n) is 6.25. The Morgan fingerprint density at radius 3 is 2.76 bits per heavy atom. The molecule has 3 heteroatoms. The third kappa shape index (κ3) is 2.78. The molecule has 1 aliphatic rings. The molecule has 0 heterocycles. The summed E-state index contributed by atoms with van der Waals surface area (Å²) >= 11 is 0. The highest BCUT2D eigenvalue weighted by Gasteiger charge is 2.39. The van der Waals surface area contributed by atoms with Crippen molar-refractivity contribution in [2.45, 2.75) is 38.2 Å². The molecular formula is C14H20FNO. The van der Waals surface area contributed by atoms with Crippen LogP contribution in [0.5, 0.6) is 5.75 Å². The van der Waals surface area contributed by atoms with E-state index in [-0.39, 0.29) is 11.4 Å². The minimum absolute atomic E-state index is 0.0679. The average Bonchev–Trinajstić information content (AvgIpc) is 2.26. The van der Waals surface area contributed by atoms with Crippen molar-refractivity contribution in [3.63, 3.8) is 0 Å². The Morgan fingerprint density at radius 2 is 2.18 bits per heavy atom. The molecule has 0 saturated heterocycles. The van der Waals surface area contributed by atoms with E-state index in [1.807, 2.05) is 14.0 Å². The molecule has 1 fully saturated rings. The molecule has 94 valence electrons. The van der Waals surface area contributed by atoms with E-state index < -0.39 is 0 Å². The van der Waals surface area contributed by atoms with E-state index in [4.69, 9.17) is 4.74 Å². The summed E-state index contributed by atoms with van der Waals surface area (Å²) in [7, 11) is 1.94. The molecule has 0 atom stereocenters. The minimum Gasteiger partial charge on any atom is -0.487 e. The summed E-state index contributed by atoms with van der Waals surface area (Å²) in [6, 6.07) is 4.74. The number of hydrogen-bond acceptors (Lipinski definition) is 2. The molecule has 2 rings (SSSR count). The van der Waals surface area contributed by atoms with Crippen molar-refractivity contribution in [1.29, 1.82) is 0 Å². The monoisotopic (exact) mass is 237 g/mol. The average molecular weight is 237 g/mol. The van der Waals surface area contributed by atoms with Gasteiger partial charge in [-0.2, -0.15) is 0 Å². The van der Waals surface area contributed by atoms with Gasteiger partial charge in [0, 0.05) is 6.07 Å². The van der Waals surface area contributed by atoms with Crippen molar-refractivity contribution >= 4 is 0 Å². The highest BCUT2D eigenvalue weighted by Crippen LogP contribution is 2.40. The number of rotatable bonds is 5. The van der Waals surface area contributed by atoms with Crippen LogP contribution in [0.2, 0.25) is 0 Å². The van der Waals surface area contributed by atoms with Gasteiger partial charge < -0.3 is 10.1 Å². The predicted octanol–water partition coefficient (Wildman–Crippen LogP) is 3.05. The molecule has 1 aliphatic carbocycles. The Balaban J connectivity index is 2.09. The van der Waals surface area contributed by atoms with Crippen LogP contribution >= 0.6 is 0 Å². The lowest BCUT2D eigenvalue weighted by atomic mass is 9.77. The van der Waals surface area contributed by atoms with E-state index in [0.29, 0.717) is 5.75 Å². The van der Waals surface area contributed by atoms with Crippen molar-refractivity contribution in [2.75, 3.05) is 13.6 Å². The zero-order valence-electron chi connectivity index (χ0n) is 10.6. The van der Waals surface area contributed by atoms with Gasteiger partial charge in [0.1, 0.15) is 17.2 Å². The van der Waals surface area contributed by atoms with Crippen LogP contribution in [0.1, 0.15) is 31.2 Å². The van der Waals surface area contributed by atoms with E-state index in [1.165, 1.54) is 18.6 Å². The fourth-order valence-electron chi connectivity index (χ4n) is 2.24. The Bertz CT molecular complexity index is 388. The maximum absolute atomic E-state index is 13.2. The second-order valence-corrected chi connectivity index (χ2v) is 4.90. The third-order valence-electron chi connectivity index (χ3n) is 3.57. The molecule has 1 saturated carbocycles. The van der Waals surface area contributed by atoms with E-state index in [2.05, 4.69) is 5.32 Å². The van der Waals surface area contributed by atoms with Crippen molar-refractivity contribution < 1.29 is 9.13 Å². The first-order chi connectivity index (χ1) is 8.15. The summed E-state index contributed by atoms with van der Waals surface area (Å²) in [6.45, 7) is 2.90. The fraction of sp³-hybridized carbons (Fsp3) is 0.571. The van der Waals surface area contributed by atoms with E-state index in [9.17, 15) is 4.39 Å². The van der Waals surface area contributed by atoms with Crippen molar-refractivity contribution in [2.24, 2.45) is 0 Å². The Hall–Kier alpha value is -1.09. The molecule has 0 amide bonds. The van der Waals surface area contributed by atoms with Gasteiger partial charge in [-0.3, -0.25) is 0 Å². The Morgan fingerprint density at radius 1 is 1.41 bits per heavy atom. The van der Waals surface area contributed by atoms with Gasteiger partial charge in [-0.15, -0.1) is 0 Å². The molecular weight excluding hydrogens is 217 g/mol. The lowest BCUT2D eigenvalue weighted by Gasteiger charge is -2.42. The van der Waals surface area contributed by atoms with Crippen molar-refractivity contribution in [1.82, 2.24) is 5.32 Å². The highest BCUT2D eigenvalue weighted by molar-refractivity contribution is 5.33. The second-order valence-electron chi connectivity index (χ2n) is 4.90. The van der Waals surface area contributed by atoms with Crippen LogP contribution in [-0.2, 0) is 0 Å². The molecule has 2 nitrogen and oxygen atoms in total. The van der Waals surface area contributed by atoms with E-state index in [0.717, 1.165) is 31.4 Å². The van der Waals surface area contributed by atoms with Gasteiger partial charge in [0.05, 0.1) is 0 Å². The van der Waals surface area contributed by atoms with Gasteiger partial charge in [-0.05, 0) is 57.8 Å². The SMILES string of the molecule is CNCCC1(Oc2cc(F)ccc2C)CCC1. The Labute approximate surface area is 102 Å². The maximum atomic E-state index is 13.2. The number of nitrogens with one attached hydrogen (secondary N) is 1. The van der Waals surface area contributed by atoms with Crippen LogP contribution in [0.3, 0.4) is 0 Å². The zero-order chi connectivity index (χ0) is 12.3. The fourth-order valence-corrected chi connectivity index (χ4v) is 2.24. The molecule has 0 aromatic heterocycles. The van der Waals surface area contributed by atoms with E-state index >= 15 is 0 Å². The maximum Gasteiger partial charge on any atom is 0.126 e. The van der Waals surface area contributed by atoms with Gasteiger partial charge in [-0.1, -0.05) is 6.07 Å². The van der Waals surface area contributed by atoms with Gasteiger partial charge >= 0.3 is 0 Å². The largest absolute Gasteiger partial charge is 0.487 e. The van der Waals surface area contributed by atoms with Gasteiger partial charge in [-0.25, -0.2) is 4.39 Å². The van der Waals surface area contributed by atoms with Crippen molar-refractivity contribution in [3.05, 3.63) is 29.6 Å². The lowest BCUT2D eigenvalue weighted by molar-refractivity contribution is -0.0146. The topological polar surface area (TPSA) is 21.3 Å². The van der Waals surface area contributed by atoms with Crippen molar-refractivity contribution in [3.8, 4) is 5.75 Å². The summed E-state index contributed by atoms with van der Waals surface area (Å²) < 4.78 is 19.3. The van der Waals surface area contributed by atoms with Crippen LogP contribution in [0.15, 0.2) is 18.2 Å². The van der Waals surface area contributed by atoms with E-state index in [1.54, 1.807) is 6.07 Å². The minimum atomic E-state index is -0.228. The molecule has 17 heavy (non-hydrogen) atoms. The lowest BCUT2D eigenvalue weighted by Crippen LogP contribution is -2.45. The summed E-state index contributed by atoms with van der Waals surface area (Å²) in [6.07, 6.45) is 4.34. The summed E-state index contributed by atoms with van der Waals surface area (Å²) in [5, 5.41) is 3.15. The quantitative estimate of drug-likeness (QED) is 0.850. The molecule has 0 unspecified atom stereocenters. The Kier molecular flexibility index (Phi) is 3.67. The first kappa shape index (κ1) is 12.4. The van der Waals surface area contributed by atoms with Crippen LogP contribution < -0.4 is 10.1 Å². The highest BCUT2D eigenvalue weighted by atomic mass is 19.1. The number of ether oxygens (including phenoxy) is 1. The molecule has 1 N–H and O–H groups in total. The summed E-state index contributed by atoms with van der Waals surface area (Å²) in [4.78, 5) is 0. The van der Waals surface area contributed by atoms with Crippen LogP contribution in [0, 0.1) is 12.7 Å². The van der Waals surface area contributed by atoms with Gasteiger partial charge in [0.15, 0.2) is 0 Å². The van der Waals surface area contributed by atoms with Crippen LogP contribution in [0.25, 0.3) is 0 Å². The molecule has 0 aliphatic heterocycles. The van der Waals surface area contributed by atoms with Gasteiger partial charge in [0.2, 0.25) is 0 Å². The smallest absolute Gasteiger partial charge is 0.126 e. The van der Waals surface area contributed by atoms with Gasteiger partial charge in [0.25, 0.3) is 0 Å². The van der Waals surface area contributed by atoms with Crippen LogP contribution in [0.4, 0.5) is 4.39 Å².